The van der Waals surface area contributed by atoms with Gasteiger partial charge in [-0.2, -0.15) is 52.7 Å². The second-order valence-corrected chi connectivity index (χ2v) is 9.52. The van der Waals surface area contributed by atoms with Gasteiger partial charge in [-0.05, 0) is 66.1 Å². The zero-order chi connectivity index (χ0) is 27.3. The number of alkyl halides is 12. The molecule has 0 N–H and O–H groups in total. The third kappa shape index (κ3) is 5.93. The fourth-order valence-electron chi connectivity index (χ4n) is 3.30. The number of aromatic nitrogens is 1. The molecule has 0 saturated carbocycles. The predicted octanol–water partition coefficient (Wildman–Crippen LogP) is 7.22. The summed E-state index contributed by atoms with van der Waals surface area (Å²) in [6.07, 6.45) is -21.1. The molecule has 0 amide bonds. The first kappa shape index (κ1) is 27.8. The molecule has 1 heterocycles. The molecule has 1 aromatic heterocycles. The second-order valence-electron chi connectivity index (χ2n) is 7.43. The Balaban J connectivity index is 2.53. The van der Waals surface area contributed by atoms with Crippen molar-refractivity contribution < 1.29 is 52.7 Å². The summed E-state index contributed by atoms with van der Waals surface area (Å²) >= 11 is 0. The smallest absolute Gasteiger partial charge is 0.253 e. The highest BCUT2D eigenvalue weighted by Gasteiger charge is 2.43. The monoisotopic (exact) mass is 549 g/mol. The average molecular weight is 549 g/mol. The van der Waals surface area contributed by atoms with E-state index in [0.29, 0.717) is 0 Å². The van der Waals surface area contributed by atoms with Crippen molar-refractivity contribution in [3.63, 3.8) is 0 Å². The van der Waals surface area contributed by atoms with Crippen molar-refractivity contribution in [2.75, 3.05) is 0 Å². The lowest BCUT2D eigenvalue weighted by atomic mass is 10.1. The van der Waals surface area contributed by atoms with Crippen molar-refractivity contribution in [1.82, 2.24) is 4.98 Å². The summed E-state index contributed by atoms with van der Waals surface area (Å²) in [6, 6.07) is 3.76. The first-order valence-electron chi connectivity index (χ1n) is 9.61. The number of rotatable bonds is 3. The van der Waals surface area contributed by atoms with E-state index >= 15 is 0 Å². The molecule has 0 bridgehead atoms. The Hall–Kier alpha value is -2.82. The minimum absolute atomic E-state index is 0.0129. The molecule has 0 aliphatic carbocycles. The number of hydrogen-bond donors (Lipinski definition) is 0. The summed E-state index contributed by atoms with van der Waals surface area (Å²) in [6.45, 7) is 1.31. The van der Waals surface area contributed by atoms with Gasteiger partial charge in [0, 0.05) is 13.6 Å². The van der Waals surface area contributed by atoms with Gasteiger partial charge < -0.3 is 0 Å². The van der Waals surface area contributed by atoms with Crippen LogP contribution in [0.25, 0.3) is 0 Å². The van der Waals surface area contributed by atoms with Crippen molar-refractivity contribution in [2.24, 2.45) is 0 Å². The molecular formula is C22H12F12NP. The molecule has 0 spiro atoms. The van der Waals surface area contributed by atoms with E-state index < -0.39 is 70.9 Å². The van der Waals surface area contributed by atoms with Gasteiger partial charge in [0.2, 0.25) is 0 Å². The number of aryl methyl sites for hydroxylation is 1. The molecule has 3 aromatic rings. The van der Waals surface area contributed by atoms with E-state index in [9.17, 15) is 52.7 Å². The van der Waals surface area contributed by atoms with Crippen LogP contribution in [0.5, 0.6) is 0 Å². The lowest BCUT2D eigenvalue weighted by molar-refractivity contribution is -0.140. The molecule has 0 fully saturated rings. The fourth-order valence-corrected chi connectivity index (χ4v) is 5.96. The highest BCUT2D eigenvalue weighted by Crippen LogP contribution is 2.45. The van der Waals surface area contributed by atoms with Crippen LogP contribution >= 0.6 is 7.92 Å². The third-order valence-electron chi connectivity index (χ3n) is 4.85. The summed E-state index contributed by atoms with van der Waals surface area (Å²) in [7, 11) is -3.31. The van der Waals surface area contributed by atoms with Crippen LogP contribution in [-0.2, 0) is 24.7 Å². The SMILES string of the molecule is Cc1cccc(P(c2cc(C(F)(F)F)ccc2C(F)(F)F)c2cc(C(F)(F)F)ccc2C(F)(F)F)n1. The second kappa shape index (κ2) is 9.24. The van der Waals surface area contributed by atoms with Crippen molar-refractivity contribution in [1.29, 1.82) is 0 Å². The standard InChI is InChI=1S/C22H12F12NP/c1-11-3-2-4-18(35-11)36(16-9-12(19(23,24)25)5-7-14(16)21(29,30)31)17-10-13(20(26,27)28)6-8-15(17)22(32,33)34/h2-10H,1H3. The maximum atomic E-state index is 13.9. The van der Waals surface area contributed by atoms with Crippen molar-refractivity contribution in [2.45, 2.75) is 31.6 Å². The van der Waals surface area contributed by atoms with E-state index in [2.05, 4.69) is 4.98 Å². The topological polar surface area (TPSA) is 12.9 Å². The van der Waals surface area contributed by atoms with Gasteiger partial charge in [-0.3, -0.25) is 4.98 Å². The Morgan fingerprint density at radius 2 is 0.972 bits per heavy atom. The van der Waals surface area contributed by atoms with Crippen LogP contribution in [0, 0.1) is 6.92 Å². The summed E-state index contributed by atoms with van der Waals surface area (Å²) in [4.78, 5) is 3.89. The van der Waals surface area contributed by atoms with Gasteiger partial charge >= 0.3 is 24.7 Å². The van der Waals surface area contributed by atoms with Crippen molar-refractivity contribution >= 4 is 24.0 Å². The van der Waals surface area contributed by atoms with Gasteiger partial charge in [-0.15, -0.1) is 0 Å². The van der Waals surface area contributed by atoms with E-state index in [0.717, 1.165) is 6.07 Å². The molecule has 14 heteroatoms. The first-order valence-corrected chi connectivity index (χ1v) is 10.9. The number of nitrogens with zero attached hydrogens (tertiary/aromatic N) is 1. The molecule has 0 aliphatic heterocycles. The first-order chi connectivity index (χ1) is 16.3. The summed E-state index contributed by atoms with van der Waals surface area (Å²) in [5, 5.41) is -2.54. The normalized spacial score (nSPS) is 13.4. The summed E-state index contributed by atoms with van der Waals surface area (Å²) in [5.41, 5.74) is -7.16. The summed E-state index contributed by atoms with van der Waals surface area (Å²) < 4.78 is 164. The van der Waals surface area contributed by atoms with E-state index in [1.807, 2.05) is 0 Å². The quantitative estimate of drug-likeness (QED) is 0.248. The molecule has 0 atom stereocenters. The highest BCUT2D eigenvalue weighted by molar-refractivity contribution is 7.79. The van der Waals surface area contributed by atoms with Gasteiger partial charge in [0.05, 0.1) is 27.7 Å². The van der Waals surface area contributed by atoms with Crippen LogP contribution < -0.4 is 16.0 Å². The average Bonchev–Trinajstić information content (AvgIpc) is 2.71. The summed E-state index contributed by atoms with van der Waals surface area (Å²) in [5.74, 6) is 0. The molecule has 2 aromatic carbocycles. The van der Waals surface area contributed by atoms with E-state index in [4.69, 9.17) is 0 Å². The van der Waals surface area contributed by atoms with Gasteiger partial charge in [0.25, 0.3) is 0 Å². The largest absolute Gasteiger partial charge is 0.417 e. The maximum Gasteiger partial charge on any atom is 0.417 e. The molecule has 0 aliphatic rings. The number of halogens is 12. The zero-order valence-corrected chi connectivity index (χ0v) is 18.5. The molecule has 0 unspecified atom stereocenters. The minimum Gasteiger partial charge on any atom is -0.253 e. The fraction of sp³-hybridized carbons (Fsp3) is 0.227. The van der Waals surface area contributed by atoms with Gasteiger partial charge in [0.1, 0.15) is 0 Å². The van der Waals surface area contributed by atoms with Crippen LogP contribution in [0.4, 0.5) is 52.7 Å². The molecule has 36 heavy (non-hydrogen) atoms. The van der Waals surface area contributed by atoms with Crippen LogP contribution in [-0.4, -0.2) is 4.98 Å². The lowest BCUT2D eigenvalue weighted by Crippen LogP contribution is -2.33. The lowest BCUT2D eigenvalue weighted by Gasteiger charge is -2.27. The molecule has 0 radical (unpaired) electrons. The maximum absolute atomic E-state index is 13.9. The van der Waals surface area contributed by atoms with E-state index in [1.54, 1.807) is 0 Å². The van der Waals surface area contributed by atoms with Gasteiger partial charge in [-0.1, -0.05) is 6.07 Å². The minimum atomic E-state index is -5.34. The Kier molecular flexibility index (Phi) is 7.13. The Morgan fingerprint density at radius 3 is 1.31 bits per heavy atom. The predicted molar refractivity (Wildman–Crippen MR) is 108 cm³/mol. The van der Waals surface area contributed by atoms with Crippen LogP contribution in [0.3, 0.4) is 0 Å². The zero-order valence-electron chi connectivity index (χ0n) is 17.6. The molecule has 0 saturated heterocycles. The Morgan fingerprint density at radius 1 is 0.556 bits per heavy atom. The Labute approximate surface area is 196 Å². The van der Waals surface area contributed by atoms with E-state index in [1.165, 1.54) is 19.1 Å². The van der Waals surface area contributed by atoms with Gasteiger partial charge in [0.15, 0.2) is 0 Å². The number of pyridine rings is 1. The van der Waals surface area contributed by atoms with Crippen LogP contribution in [0.1, 0.15) is 27.9 Å². The molecule has 1 nitrogen and oxygen atoms in total. The third-order valence-corrected chi connectivity index (χ3v) is 7.26. The number of hydrogen-bond acceptors (Lipinski definition) is 1. The van der Waals surface area contributed by atoms with Crippen LogP contribution in [0.15, 0.2) is 54.6 Å². The molecular weight excluding hydrogens is 537 g/mol. The number of benzene rings is 2. The van der Waals surface area contributed by atoms with Crippen molar-refractivity contribution in [3.05, 3.63) is 82.5 Å². The molecule has 3 rings (SSSR count). The molecule has 194 valence electrons. The van der Waals surface area contributed by atoms with Gasteiger partial charge in [-0.25, -0.2) is 0 Å². The van der Waals surface area contributed by atoms with Crippen molar-refractivity contribution in [3.8, 4) is 0 Å². The van der Waals surface area contributed by atoms with E-state index in [-0.39, 0.29) is 42.1 Å². The highest BCUT2D eigenvalue weighted by atomic mass is 31.1. The van der Waals surface area contributed by atoms with Crippen LogP contribution in [0.2, 0.25) is 0 Å². The Bertz CT molecular complexity index is 1180.